The molecule has 8 heteroatoms. The van der Waals surface area contributed by atoms with Crippen LogP contribution in [-0.4, -0.2) is 43.9 Å². The number of nitrogens with one attached hydrogen (secondary N) is 1. The van der Waals surface area contributed by atoms with Gasteiger partial charge in [-0.25, -0.2) is 9.18 Å². The van der Waals surface area contributed by atoms with Crippen LogP contribution in [0.1, 0.15) is 47.1 Å². The quantitative estimate of drug-likeness (QED) is 0.556. The zero-order chi connectivity index (χ0) is 22.6. The molecule has 0 aromatic heterocycles. The van der Waals surface area contributed by atoms with Gasteiger partial charge < -0.3 is 19.6 Å². The monoisotopic (exact) mass is 447 g/mol. The summed E-state index contributed by atoms with van der Waals surface area (Å²) in [6, 6.07) is 3.82. The summed E-state index contributed by atoms with van der Waals surface area (Å²) >= 11 is 5.91. The van der Waals surface area contributed by atoms with Crippen LogP contribution < -0.4 is 5.32 Å². The highest BCUT2D eigenvalue weighted by atomic mass is 35.5. The largest absolute Gasteiger partial charge is 0.444 e. The fourth-order valence-corrected chi connectivity index (χ4v) is 4.01. The Bertz CT molecular complexity index is 701. The van der Waals surface area contributed by atoms with Gasteiger partial charge in [-0.05, 0) is 63.0 Å². The standard InChI is InChI=1S/C21H35ClFNO4Si/c1-20(2,3)27-19(26)24-17(12-14-9-10-16(23)15(22)11-14)18(13-25)28-29(7,8)21(4,5)6/h9-11,17-18,25H,12-13H2,1-8H3,(H,24,26)/t17-,18+/m0/s1. The van der Waals surface area contributed by atoms with Crippen molar-refractivity contribution in [2.45, 2.75) is 83.8 Å². The smallest absolute Gasteiger partial charge is 0.407 e. The van der Waals surface area contributed by atoms with Crippen LogP contribution in [0.15, 0.2) is 18.2 Å². The van der Waals surface area contributed by atoms with Crippen molar-refractivity contribution in [2.75, 3.05) is 6.61 Å². The molecule has 0 saturated carbocycles. The number of rotatable bonds is 7. The number of hydrogen-bond acceptors (Lipinski definition) is 4. The predicted molar refractivity (Wildman–Crippen MR) is 117 cm³/mol. The molecule has 0 aliphatic heterocycles. The van der Waals surface area contributed by atoms with E-state index in [2.05, 4.69) is 39.2 Å². The molecule has 2 N–H and O–H groups in total. The topological polar surface area (TPSA) is 67.8 Å². The van der Waals surface area contributed by atoms with Crippen molar-refractivity contribution in [3.8, 4) is 0 Å². The molecular weight excluding hydrogens is 413 g/mol. The molecule has 29 heavy (non-hydrogen) atoms. The molecule has 0 saturated heterocycles. The molecule has 1 aromatic rings. The molecule has 1 amide bonds. The van der Waals surface area contributed by atoms with Crippen LogP contribution in [0.3, 0.4) is 0 Å². The number of benzene rings is 1. The number of carbonyl (C=O) groups excluding carboxylic acids is 1. The lowest BCUT2D eigenvalue weighted by Crippen LogP contribution is -2.54. The Morgan fingerprint density at radius 1 is 1.24 bits per heavy atom. The average Bonchev–Trinajstić information content (AvgIpc) is 2.52. The molecule has 0 heterocycles. The molecule has 0 radical (unpaired) electrons. The highest BCUT2D eigenvalue weighted by Crippen LogP contribution is 2.37. The Hall–Kier alpha value is -1.15. The van der Waals surface area contributed by atoms with Crippen LogP contribution in [0.25, 0.3) is 0 Å². The summed E-state index contributed by atoms with van der Waals surface area (Å²) in [5.41, 5.74) is 0.0535. The van der Waals surface area contributed by atoms with Gasteiger partial charge >= 0.3 is 6.09 Å². The molecule has 166 valence electrons. The molecule has 0 spiro atoms. The van der Waals surface area contributed by atoms with E-state index in [1.54, 1.807) is 26.8 Å². The van der Waals surface area contributed by atoms with Gasteiger partial charge in [0, 0.05) is 0 Å². The highest BCUT2D eigenvalue weighted by molar-refractivity contribution is 6.74. The molecule has 0 bridgehead atoms. The SMILES string of the molecule is CC(C)(C)OC(=O)N[C@@H](Cc1ccc(F)c(Cl)c1)[C@@H](CO)O[Si](C)(C)C(C)(C)C. The van der Waals surface area contributed by atoms with Crippen LogP contribution in [0, 0.1) is 5.82 Å². The van der Waals surface area contributed by atoms with Gasteiger partial charge in [0.05, 0.1) is 23.8 Å². The van der Waals surface area contributed by atoms with Gasteiger partial charge in [0.2, 0.25) is 0 Å². The van der Waals surface area contributed by atoms with Crippen LogP contribution in [0.4, 0.5) is 9.18 Å². The van der Waals surface area contributed by atoms with Gasteiger partial charge in [-0.1, -0.05) is 38.4 Å². The Morgan fingerprint density at radius 2 is 1.83 bits per heavy atom. The van der Waals surface area contributed by atoms with E-state index in [-0.39, 0.29) is 16.7 Å². The first-order chi connectivity index (χ1) is 13.1. The number of carbonyl (C=O) groups is 1. The number of hydrogen-bond donors (Lipinski definition) is 2. The van der Waals surface area contributed by atoms with E-state index in [1.165, 1.54) is 12.1 Å². The molecule has 0 unspecified atom stereocenters. The molecule has 5 nitrogen and oxygen atoms in total. The van der Waals surface area contributed by atoms with Gasteiger partial charge in [0.1, 0.15) is 11.4 Å². The van der Waals surface area contributed by atoms with Gasteiger partial charge in [-0.15, -0.1) is 0 Å². The minimum absolute atomic E-state index is 0.00406. The lowest BCUT2D eigenvalue weighted by atomic mass is 10.0. The summed E-state index contributed by atoms with van der Waals surface area (Å²) in [7, 11) is -2.22. The predicted octanol–water partition coefficient (Wildman–Crippen LogP) is 5.30. The maximum absolute atomic E-state index is 13.5. The number of ether oxygens (including phenoxy) is 1. The molecular formula is C21H35ClFNO4Si. The van der Waals surface area contributed by atoms with Gasteiger partial charge in [0.15, 0.2) is 8.32 Å². The van der Waals surface area contributed by atoms with Crippen molar-refractivity contribution in [1.82, 2.24) is 5.32 Å². The number of halogens is 2. The summed E-state index contributed by atoms with van der Waals surface area (Å²) in [5.74, 6) is -0.511. The second-order valence-corrected chi connectivity index (χ2v) is 15.0. The van der Waals surface area contributed by atoms with E-state index in [0.717, 1.165) is 5.56 Å². The van der Waals surface area contributed by atoms with E-state index < -0.39 is 38.0 Å². The first-order valence-corrected chi connectivity index (χ1v) is 13.1. The van der Waals surface area contributed by atoms with Gasteiger partial charge in [-0.3, -0.25) is 0 Å². The first kappa shape index (κ1) is 25.9. The number of alkyl carbamates (subject to hydrolysis) is 1. The van der Waals surface area contributed by atoms with E-state index in [0.29, 0.717) is 6.42 Å². The minimum atomic E-state index is -2.22. The third-order valence-corrected chi connectivity index (χ3v) is 9.82. The van der Waals surface area contributed by atoms with Gasteiger partial charge in [0.25, 0.3) is 0 Å². The summed E-state index contributed by atoms with van der Waals surface area (Å²) in [4.78, 5) is 12.4. The summed E-state index contributed by atoms with van der Waals surface area (Å²) in [6.07, 6.45) is -0.945. The van der Waals surface area contributed by atoms with Crippen molar-refractivity contribution in [3.05, 3.63) is 34.6 Å². The molecule has 0 aliphatic carbocycles. The molecule has 0 aliphatic rings. The number of aliphatic hydroxyl groups excluding tert-OH is 1. The van der Waals surface area contributed by atoms with Crippen LogP contribution in [-0.2, 0) is 15.6 Å². The number of aliphatic hydroxyl groups is 1. The average molecular weight is 448 g/mol. The van der Waals surface area contributed by atoms with E-state index in [1.807, 2.05) is 0 Å². The second kappa shape index (κ2) is 9.77. The maximum atomic E-state index is 13.5. The molecule has 1 aromatic carbocycles. The van der Waals surface area contributed by atoms with Crippen molar-refractivity contribution in [1.29, 1.82) is 0 Å². The van der Waals surface area contributed by atoms with E-state index in [9.17, 15) is 14.3 Å². The van der Waals surface area contributed by atoms with E-state index >= 15 is 0 Å². The first-order valence-electron chi connectivity index (χ1n) is 9.78. The summed E-state index contributed by atoms with van der Waals surface area (Å²) < 4.78 is 25.3. The van der Waals surface area contributed by atoms with Crippen molar-refractivity contribution in [3.63, 3.8) is 0 Å². The second-order valence-electron chi connectivity index (χ2n) is 9.80. The molecule has 2 atom stereocenters. The van der Waals surface area contributed by atoms with E-state index in [4.69, 9.17) is 20.8 Å². The lowest BCUT2D eigenvalue weighted by Gasteiger charge is -2.41. The fourth-order valence-electron chi connectivity index (χ4n) is 2.46. The summed E-state index contributed by atoms with van der Waals surface area (Å²) in [5, 5.41) is 12.8. The van der Waals surface area contributed by atoms with Crippen LogP contribution in [0.2, 0.25) is 23.2 Å². The van der Waals surface area contributed by atoms with Crippen LogP contribution in [0.5, 0.6) is 0 Å². The third kappa shape index (κ3) is 8.24. The maximum Gasteiger partial charge on any atom is 0.407 e. The Kier molecular flexibility index (Phi) is 8.72. The Labute approximate surface area is 180 Å². The van der Waals surface area contributed by atoms with Gasteiger partial charge in [-0.2, -0.15) is 0 Å². The minimum Gasteiger partial charge on any atom is -0.444 e. The summed E-state index contributed by atoms with van der Waals surface area (Å²) in [6.45, 7) is 15.5. The van der Waals surface area contributed by atoms with Crippen molar-refractivity contribution < 1.29 is 23.5 Å². The Balaban J connectivity index is 3.15. The molecule has 1 rings (SSSR count). The lowest BCUT2D eigenvalue weighted by molar-refractivity contribution is 0.0350. The van der Waals surface area contributed by atoms with Crippen molar-refractivity contribution in [2.24, 2.45) is 0 Å². The van der Waals surface area contributed by atoms with Crippen LogP contribution >= 0.6 is 11.6 Å². The Morgan fingerprint density at radius 3 is 2.28 bits per heavy atom. The fraction of sp³-hybridized carbons (Fsp3) is 0.667. The zero-order valence-electron chi connectivity index (χ0n) is 18.7. The highest BCUT2D eigenvalue weighted by Gasteiger charge is 2.41. The third-order valence-electron chi connectivity index (χ3n) is 5.02. The van der Waals surface area contributed by atoms with Crippen molar-refractivity contribution >= 4 is 26.0 Å². The zero-order valence-corrected chi connectivity index (χ0v) is 20.5. The number of amides is 1. The normalized spacial score (nSPS) is 15.0. The molecule has 0 fully saturated rings.